The molecule has 0 saturated heterocycles. The number of hydrogen-bond acceptors (Lipinski definition) is 5. The first kappa shape index (κ1) is 19.7. The Morgan fingerprint density at radius 3 is 2.60 bits per heavy atom. The van der Waals surface area contributed by atoms with Crippen LogP contribution in [0.25, 0.3) is 22.3 Å². The van der Waals surface area contributed by atoms with E-state index in [2.05, 4.69) is 4.98 Å². The van der Waals surface area contributed by atoms with E-state index >= 15 is 0 Å². The molecule has 2 aromatic carbocycles. The van der Waals surface area contributed by atoms with Gasteiger partial charge in [-0.25, -0.2) is 4.98 Å². The zero-order chi connectivity index (χ0) is 21.3. The summed E-state index contributed by atoms with van der Waals surface area (Å²) in [7, 11) is 0. The molecule has 0 unspecified atom stereocenters. The summed E-state index contributed by atoms with van der Waals surface area (Å²) in [6, 6.07) is 20.0. The Morgan fingerprint density at radius 1 is 1.10 bits per heavy atom. The van der Waals surface area contributed by atoms with E-state index in [0.29, 0.717) is 33.6 Å². The summed E-state index contributed by atoms with van der Waals surface area (Å²) in [6.07, 6.45) is -0.502. The minimum atomic E-state index is -0.502. The van der Waals surface area contributed by atoms with E-state index in [4.69, 9.17) is 20.8 Å². The standard InChI is InChI=1S/C24H17ClN2O3/c1-14-22(28)18-10-6-9-17(24(18)30-23(14)16-7-4-3-5-8-16)15(2)29-20-11-12-21(25)27-19(20)13-26/h3-12,15H,1-2H3/t15-/m1/s1. The van der Waals surface area contributed by atoms with Crippen molar-refractivity contribution in [1.29, 1.82) is 5.26 Å². The first-order valence-electron chi connectivity index (χ1n) is 9.34. The van der Waals surface area contributed by atoms with Crippen LogP contribution in [0.15, 0.2) is 69.9 Å². The summed E-state index contributed by atoms with van der Waals surface area (Å²) in [6.45, 7) is 3.59. The van der Waals surface area contributed by atoms with E-state index in [1.165, 1.54) is 0 Å². The van der Waals surface area contributed by atoms with E-state index in [1.807, 2.05) is 49.4 Å². The minimum Gasteiger partial charge on any atom is -0.483 e. The van der Waals surface area contributed by atoms with Crippen LogP contribution in [0.2, 0.25) is 5.15 Å². The predicted molar refractivity (Wildman–Crippen MR) is 116 cm³/mol. The lowest BCUT2D eigenvalue weighted by molar-refractivity contribution is 0.225. The van der Waals surface area contributed by atoms with Crippen molar-refractivity contribution in [3.05, 3.63) is 92.9 Å². The first-order chi connectivity index (χ1) is 14.5. The number of halogens is 1. The molecule has 0 aliphatic carbocycles. The van der Waals surface area contributed by atoms with Crippen LogP contribution in [0.1, 0.15) is 29.8 Å². The van der Waals surface area contributed by atoms with Crippen molar-refractivity contribution in [3.8, 4) is 23.1 Å². The van der Waals surface area contributed by atoms with Gasteiger partial charge in [0.25, 0.3) is 0 Å². The molecule has 30 heavy (non-hydrogen) atoms. The molecule has 0 radical (unpaired) electrons. The van der Waals surface area contributed by atoms with Gasteiger partial charge in [0.2, 0.25) is 0 Å². The molecule has 0 aliphatic rings. The fraction of sp³-hybridized carbons (Fsp3) is 0.125. The van der Waals surface area contributed by atoms with Crippen molar-refractivity contribution < 1.29 is 9.15 Å². The molecule has 2 aromatic heterocycles. The fourth-order valence-corrected chi connectivity index (χ4v) is 3.52. The van der Waals surface area contributed by atoms with Gasteiger partial charge >= 0.3 is 0 Å². The van der Waals surface area contributed by atoms with Gasteiger partial charge in [-0.2, -0.15) is 5.26 Å². The Hall–Kier alpha value is -3.62. The second-order valence-corrected chi connectivity index (χ2v) is 7.22. The summed E-state index contributed by atoms with van der Waals surface area (Å²) in [4.78, 5) is 17.0. The molecule has 5 nitrogen and oxygen atoms in total. The number of pyridine rings is 1. The quantitative estimate of drug-likeness (QED) is 0.391. The highest BCUT2D eigenvalue weighted by atomic mass is 35.5. The third-order valence-electron chi connectivity index (χ3n) is 4.88. The molecule has 0 N–H and O–H groups in total. The average molecular weight is 417 g/mol. The number of nitrogens with zero attached hydrogens (tertiary/aromatic N) is 2. The second-order valence-electron chi connectivity index (χ2n) is 6.83. The molecule has 4 aromatic rings. The third-order valence-corrected chi connectivity index (χ3v) is 5.09. The molecule has 0 fully saturated rings. The van der Waals surface area contributed by atoms with Crippen LogP contribution < -0.4 is 10.2 Å². The summed E-state index contributed by atoms with van der Waals surface area (Å²) in [5.41, 5.74) is 2.53. The highest BCUT2D eigenvalue weighted by molar-refractivity contribution is 6.29. The van der Waals surface area contributed by atoms with Crippen molar-refractivity contribution in [2.24, 2.45) is 0 Å². The molecular formula is C24H17ClN2O3. The normalized spacial score (nSPS) is 11.8. The summed E-state index contributed by atoms with van der Waals surface area (Å²) < 4.78 is 12.2. The van der Waals surface area contributed by atoms with Crippen molar-refractivity contribution in [2.75, 3.05) is 0 Å². The molecule has 2 heterocycles. The zero-order valence-corrected chi connectivity index (χ0v) is 17.1. The maximum Gasteiger partial charge on any atom is 0.196 e. The molecule has 0 bridgehead atoms. The number of nitriles is 1. The fourth-order valence-electron chi connectivity index (χ4n) is 3.37. The Morgan fingerprint density at radius 2 is 1.87 bits per heavy atom. The van der Waals surface area contributed by atoms with Gasteiger partial charge in [0, 0.05) is 16.7 Å². The van der Waals surface area contributed by atoms with Gasteiger partial charge in [-0.05, 0) is 32.0 Å². The van der Waals surface area contributed by atoms with Gasteiger partial charge in [0.05, 0.1) is 5.39 Å². The first-order valence-corrected chi connectivity index (χ1v) is 9.72. The van der Waals surface area contributed by atoms with E-state index in [0.717, 1.165) is 5.56 Å². The lowest BCUT2D eigenvalue weighted by Crippen LogP contribution is -2.11. The van der Waals surface area contributed by atoms with Crippen LogP contribution in [-0.2, 0) is 0 Å². The number of aromatic nitrogens is 1. The zero-order valence-electron chi connectivity index (χ0n) is 16.3. The van der Waals surface area contributed by atoms with Crippen LogP contribution in [0.3, 0.4) is 0 Å². The number of benzene rings is 2. The van der Waals surface area contributed by atoms with Crippen LogP contribution in [0, 0.1) is 18.3 Å². The largest absolute Gasteiger partial charge is 0.483 e. The van der Waals surface area contributed by atoms with Crippen molar-refractivity contribution in [3.63, 3.8) is 0 Å². The molecule has 148 valence electrons. The van der Waals surface area contributed by atoms with Crippen LogP contribution in [-0.4, -0.2) is 4.98 Å². The lowest BCUT2D eigenvalue weighted by atomic mass is 10.0. The molecule has 6 heteroatoms. The number of para-hydroxylation sites is 1. The smallest absolute Gasteiger partial charge is 0.196 e. The van der Waals surface area contributed by atoms with Crippen molar-refractivity contribution in [1.82, 2.24) is 4.98 Å². The van der Waals surface area contributed by atoms with Gasteiger partial charge in [0.15, 0.2) is 16.9 Å². The maximum absolute atomic E-state index is 13.0. The highest BCUT2D eigenvalue weighted by Gasteiger charge is 2.20. The Bertz CT molecular complexity index is 1340. The average Bonchev–Trinajstić information content (AvgIpc) is 2.77. The van der Waals surface area contributed by atoms with E-state index in [-0.39, 0.29) is 16.3 Å². The van der Waals surface area contributed by atoms with Gasteiger partial charge in [-0.15, -0.1) is 0 Å². The van der Waals surface area contributed by atoms with Gasteiger partial charge in [-0.1, -0.05) is 54.1 Å². The van der Waals surface area contributed by atoms with Crippen LogP contribution in [0.4, 0.5) is 0 Å². The third kappa shape index (κ3) is 3.54. The van der Waals surface area contributed by atoms with E-state index in [9.17, 15) is 10.1 Å². The van der Waals surface area contributed by atoms with Crippen LogP contribution in [0.5, 0.6) is 5.75 Å². The van der Waals surface area contributed by atoms with Gasteiger partial charge in [-0.3, -0.25) is 4.79 Å². The molecule has 1 atom stereocenters. The monoisotopic (exact) mass is 416 g/mol. The summed E-state index contributed by atoms with van der Waals surface area (Å²) >= 11 is 5.87. The Balaban J connectivity index is 1.85. The molecule has 0 spiro atoms. The molecular weight excluding hydrogens is 400 g/mol. The minimum absolute atomic E-state index is 0.0879. The molecule has 0 aliphatic heterocycles. The highest BCUT2D eigenvalue weighted by Crippen LogP contribution is 2.32. The predicted octanol–water partition coefficient (Wildman–Crippen LogP) is 5.83. The van der Waals surface area contributed by atoms with Gasteiger partial charge in [0.1, 0.15) is 28.7 Å². The Kier molecular flexibility index (Phi) is 5.26. The number of hydrogen-bond donors (Lipinski definition) is 0. The molecule has 0 amide bonds. The second kappa shape index (κ2) is 8.02. The maximum atomic E-state index is 13.0. The lowest BCUT2D eigenvalue weighted by Gasteiger charge is -2.17. The molecule has 0 saturated carbocycles. The van der Waals surface area contributed by atoms with Crippen molar-refractivity contribution >= 4 is 22.6 Å². The van der Waals surface area contributed by atoms with E-state index < -0.39 is 6.10 Å². The SMILES string of the molecule is Cc1c(-c2ccccc2)oc2c([C@@H](C)Oc3ccc(Cl)nc3C#N)cccc2c1=O. The van der Waals surface area contributed by atoms with Gasteiger partial charge < -0.3 is 9.15 Å². The topological polar surface area (TPSA) is 76.1 Å². The number of fused-ring (bicyclic) bond motifs is 1. The molecule has 4 rings (SSSR count). The summed E-state index contributed by atoms with van der Waals surface area (Å²) in [5, 5.41) is 10.0. The van der Waals surface area contributed by atoms with Crippen molar-refractivity contribution in [2.45, 2.75) is 20.0 Å². The van der Waals surface area contributed by atoms with E-state index in [1.54, 1.807) is 31.2 Å². The Labute approximate surface area is 178 Å². The number of ether oxygens (including phenoxy) is 1. The van der Waals surface area contributed by atoms with Crippen LogP contribution >= 0.6 is 11.6 Å². The summed E-state index contributed by atoms with van der Waals surface area (Å²) in [5.74, 6) is 0.836. The number of rotatable bonds is 4.